The number of esters is 1. The molecule has 0 spiro atoms. The van der Waals surface area contributed by atoms with Crippen molar-refractivity contribution in [2.24, 2.45) is 16.3 Å². The fourth-order valence-electron chi connectivity index (χ4n) is 4.41. The van der Waals surface area contributed by atoms with Gasteiger partial charge in [-0.05, 0) is 37.0 Å². The minimum Gasteiger partial charge on any atom is -0.464 e. The Morgan fingerprint density at radius 3 is 2.72 bits per heavy atom. The Balaban J connectivity index is 2.02. The van der Waals surface area contributed by atoms with E-state index >= 15 is 0 Å². The summed E-state index contributed by atoms with van der Waals surface area (Å²) in [4.78, 5) is 31.1. The van der Waals surface area contributed by atoms with Crippen molar-refractivity contribution in [2.45, 2.75) is 53.4 Å². The third kappa shape index (κ3) is 4.82. The normalized spacial score (nSPS) is 23.5. The van der Waals surface area contributed by atoms with E-state index in [9.17, 15) is 9.59 Å². The van der Waals surface area contributed by atoms with Crippen LogP contribution in [-0.4, -0.2) is 35.6 Å². The quantitative estimate of drug-likeness (QED) is 0.480. The van der Waals surface area contributed by atoms with Crippen molar-refractivity contribution in [3.8, 4) is 0 Å². The third-order valence-electron chi connectivity index (χ3n) is 5.63. The lowest BCUT2D eigenvalue weighted by Crippen LogP contribution is -2.39. The topological polar surface area (TPSA) is 55.7 Å². The van der Waals surface area contributed by atoms with E-state index in [0.29, 0.717) is 18.6 Å². The summed E-state index contributed by atoms with van der Waals surface area (Å²) in [5, 5.41) is 0. The van der Waals surface area contributed by atoms with Crippen LogP contribution < -0.4 is 0 Å². The number of carbonyl (C=O) groups is 2. The predicted molar refractivity (Wildman–Crippen MR) is 120 cm³/mol. The summed E-state index contributed by atoms with van der Waals surface area (Å²) in [7, 11) is 0. The maximum atomic E-state index is 13.2. The van der Waals surface area contributed by atoms with Crippen molar-refractivity contribution in [1.29, 1.82) is 0 Å². The average molecular weight is 414 g/mol. The number of Topliss-reactive ketones (excluding diaryl/α,β-unsaturated/α-hetero) is 1. The van der Waals surface area contributed by atoms with Gasteiger partial charge in [0.05, 0.1) is 0 Å². The van der Waals surface area contributed by atoms with Crippen molar-refractivity contribution in [3.63, 3.8) is 0 Å². The van der Waals surface area contributed by atoms with Gasteiger partial charge in [0.2, 0.25) is 0 Å². The smallest absolute Gasteiger partial charge is 0.315 e. The van der Waals surface area contributed by atoms with Crippen LogP contribution in [0.25, 0.3) is 0 Å². The van der Waals surface area contributed by atoms with Crippen LogP contribution in [-0.2, 0) is 14.3 Å². The van der Waals surface area contributed by atoms with E-state index in [2.05, 4.69) is 26.8 Å². The highest BCUT2D eigenvalue weighted by Crippen LogP contribution is 2.47. The van der Waals surface area contributed by atoms with Crippen LogP contribution >= 0.6 is 11.8 Å². The van der Waals surface area contributed by atoms with Crippen molar-refractivity contribution in [3.05, 3.63) is 46.7 Å². The zero-order valence-corrected chi connectivity index (χ0v) is 18.9. The summed E-state index contributed by atoms with van der Waals surface area (Å²) in [5.41, 5.74) is 4.30. The first-order chi connectivity index (χ1) is 13.7. The first-order valence-corrected chi connectivity index (χ1v) is 11.5. The second-order valence-corrected chi connectivity index (χ2v) is 10.2. The van der Waals surface area contributed by atoms with Crippen LogP contribution in [0.5, 0.6) is 0 Å². The molecule has 2 atom stereocenters. The van der Waals surface area contributed by atoms with Crippen LogP contribution in [0.4, 0.5) is 0 Å². The lowest BCUT2D eigenvalue weighted by molar-refractivity contribution is -0.145. The van der Waals surface area contributed by atoms with Gasteiger partial charge >= 0.3 is 5.97 Å². The van der Waals surface area contributed by atoms with Crippen molar-refractivity contribution >= 4 is 29.2 Å². The number of aliphatic imine (C=N–C) groups is 1. The Morgan fingerprint density at radius 1 is 1.28 bits per heavy atom. The minimum absolute atomic E-state index is 0.110. The fraction of sp³-hybridized carbons (Fsp3) is 0.542. The van der Waals surface area contributed by atoms with Crippen LogP contribution in [0.2, 0.25) is 0 Å². The molecule has 1 heterocycles. The number of rotatable bonds is 6. The highest BCUT2D eigenvalue weighted by atomic mass is 32.2. The van der Waals surface area contributed by atoms with E-state index in [1.54, 1.807) is 11.8 Å². The molecule has 156 valence electrons. The molecular weight excluding hydrogens is 382 g/mol. The summed E-state index contributed by atoms with van der Waals surface area (Å²) in [6.45, 7) is 10.6. The fourth-order valence-corrected chi connectivity index (χ4v) is 4.90. The van der Waals surface area contributed by atoms with Gasteiger partial charge in [0.25, 0.3) is 0 Å². The Hall–Kier alpha value is -1.88. The van der Waals surface area contributed by atoms with Crippen LogP contribution in [0.15, 0.2) is 40.5 Å². The maximum absolute atomic E-state index is 13.2. The van der Waals surface area contributed by atoms with E-state index in [1.807, 2.05) is 32.0 Å². The van der Waals surface area contributed by atoms with Gasteiger partial charge in [0.15, 0.2) is 5.78 Å². The summed E-state index contributed by atoms with van der Waals surface area (Å²) in [6.07, 6.45) is 1.24. The van der Waals surface area contributed by atoms with Gasteiger partial charge in [0.1, 0.15) is 12.5 Å². The summed E-state index contributed by atoms with van der Waals surface area (Å²) >= 11 is 1.74. The van der Waals surface area contributed by atoms with Crippen LogP contribution in [0, 0.1) is 18.3 Å². The van der Waals surface area contributed by atoms with Crippen molar-refractivity contribution < 1.29 is 14.3 Å². The molecular formula is C24H31NO3S. The lowest BCUT2D eigenvalue weighted by atomic mass is 9.67. The van der Waals surface area contributed by atoms with Gasteiger partial charge in [-0.3, -0.25) is 14.6 Å². The molecule has 5 heteroatoms. The summed E-state index contributed by atoms with van der Waals surface area (Å²) < 4.78 is 5.62. The van der Waals surface area contributed by atoms with E-state index in [-0.39, 0.29) is 23.1 Å². The van der Waals surface area contributed by atoms with Gasteiger partial charge in [-0.15, -0.1) is 0 Å². The molecule has 2 aliphatic rings. The number of benzene rings is 1. The molecule has 1 aromatic carbocycles. The number of carbonyl (C=O) groups excluding carboxylic acids is 2. The van der Waals surface area contributed by atoms with Crippen molar-refractivity contribution in [1.82, 2.24) is 0 Å². The molecule has 0 saturated carbocycles. The molecule has 1 aliphatic heterocycles. The summed E-state index contributed by atoms with van der Waals surface area (Å²) in [6, 6.07) is 8.11. The van der Waals surface area contributed by atoms with Gasteiger partial charge in [-0.25, -0.2) is 0 Å². The number of ketones is 1. The molecule has 1 aromatic rings. The van der Waals surface area contributed by atoms with Crippen molar-refractivity contribution in [2.75, 3.05) is 18.1 Å². The largest absolute Gasteiger partial charge is 0.464 e. The van der Waals surface area contributed by atoms with E-state index in [1.165, 1.54) is 0 Å². The molecule has 0 saturated heterocycles. The van der Waals surface area contributed by atoms with Gasteiger partial charge in [0, 0.05) is 35.1 Å². The molecule has 4 nitrogen and oxygen atoms in total. The number of hydrogen-bond acceptors (Lipinski definition) is 5. The maximum Gasteiger partial charge on any atom is 0.315 e. The molecule has 29 heavy (non-hydrogen) atoms. The first-order valence-electron chi connectivity index (χ1n) is 10.4. The number of allylic oxidation sites excluding steroid dienone is 2. The molecule has 0 radical (unpaired) electrons. The van der Waals surface area contributed by atoms with E-state index in [0.717, 1.165) is 40.5 Å². The number of ether oxygens (including phenoxy) is 1. The van der Waals surface area contributed by atoms with Gasteiger partial charge in [-0.1, -0.05) is 50.6 Å². The number of hydrogen-bond donors (Lipinski definition) is 0. The second-order valence-electron chi connectivity index (χ2n) is 8.79. The monoisotopic (exact) mass is 413 g/mol. The standard InChI is InChI=1S/C24H31NO3S/c1-6-29-11-10-28-23(27)20-16(3)25-18-13-24(4,5)14-19(26)22(18)21(20)17-9-7-8-15(2)12-17/h7-9,12,20-21H,6,10-11,13-14H2,1-5H3/t20?,21-/m1/s1. The Bertz CT molecular complexity index is 869. The van der Waals surface area contributed by atoms with Crippen LogP contribution in [0.3, 0.4) is 0 Å². The zero-order valence-electron chi connectivity index (χ0n) is 18.1. The molecule has 0 aromatic heterocycles. The van der Waals surface area contributed by atoms with Gasteiger partial charge < -0.3 is 4.74 Å². The highest BCUT2D eigenvalue weighted by molar-refractivity contribution is 7.99. The Morgan fingerprint density at radius 2 is 2.03 bits per heavy atom. The predicted octanol–water partition coefficient (Wildman–Crippen LogP) is 5.11. The number of nitrogens with zero attached hydrogens (tertiary/aromatic N) is 1. The highest BCUT2D eigenvalue weighted by Gasteiger charge is 2.46. The molecule has 0 fully saturated rings. The van der Waals surface area contributed by atoms with E-state index in [4.69, 9.17) is 9.73 Å². The second kappa shape index (κ2) is 8.86. The molecule has 3 rings (SSSR count). The molecule has 1 unspecified atom stereocenters. The third-order valence-corrected chi connectivity index (χ3v) is 6.50. The summed E-state index contributed by atoms with van der Waals surface area (Å²) in [5.74, 6) is 0.733. The average Bonchev–Trinajstić information content (AvgIpc) is 2.63. The van der Waals surface area contributed by atoms with Crippen LogP contribution in [0.1, 0.15) is 57.6 Å². The number of aryl methyl sites for hydroxylation is 1. The molecule has 0 N–H and O–H groups in total. The molecule has 0 bridgehead atoms. The molecule has 1 aliphatic carbocycles. The SMILES string of the molecule is CCSCCOC(=O)C1C(C)=NC2=C(C(=O)CC(C)(C)C2)[C@@H]1c1cccc(C)c1. The molecule has 0 amide bonds. The minimum atomic E-state index is -0.549. The van der Waals surface area contributed by atoms with Gasteiger partial charge in [-0.2, -0.15) is 11.8 Å². The number of thioether (sulfide) groups is 1. The Labute approximate surface area is 178 Å². The Kier molecular flexibility index (Phi) is 6.67. The zero-order chi connectivity index (χ0) is 21.2. The lowest BCUT2D eigenvalue weighted by Gasteiger charge is -2.39. The van der Waals surface area contributed by atoms with E-state index < -0.39 is 5.92 Å². The first kappa shape index (κ1) is 21.8.